The Labute approximate surface area is 193 Å². The van der Waals surface area contributed by atoms with E-state index in [1.807, 2.05) is 38.1 Å². The quantitative estimate of drug-likeness (QED) is 0.361. The van der Waals surface area contributed by atoms with Crippen molar-refractivity contribution < 1.29 is 4.39 Å². The molecule has 10 nitrogen and oxygen atoms in total. The lowest BCUT2D eigenvalue weighted by molar-refractivity contribution is 0.628. The lowest BCUT2D eigenvalue weighted by Gasteiger charge is -2.09. The molecule has 2 aromatic carbocycles. The maximum atomic E-state index is 13.4. The molecule has 0 spiro atoms. The van der Waals surface area contributed by atoms with Crippen molar-refractivity contribution in [2.24, 2.45) is 0 Å². The molecule has 0 atom stereocenters. The van der Waals surface area contributed by atoms with E-state index in [1.54, 1.807) is 12.1 Å². The fourth-order valence-corrected chi connectivity index (χ4v) is 3.60. The third-order valence-electron chi connectivity index (χ3n) is 5.29. The molecule has 34 heavy (non-hydrogen) atoms. The Morgan fingerprint density at radius 1 is 0.941 bits per heavy atom. The highest BCUT2D eigenvalue weighted by molar-refractivity contribution is 5.82. The number of hydrogen-bond donors (Lipinski definition) is 3. The Hall–Kier alpha value is -4.67. The smallest absolute Gasteiger partial charge is 0.232 e. The van der Waals surface area contributed by atoms with Gasteiger partial charge in [0.15, 0.2) is 23.0 Å². The van der Waals surface area contributed by atoms with Crippen LogP contribution < -0.4 is 16.8 Å². The fourth-order valence-electron chi connectivity index (χ4n) is 3.60. The second-order valence-electron chi connectivity index (χ2n) is 7.68. The van der Waals surface area contributed by atoms with Crippen LogP contribution in [-0.2, 0) is 6.42 Å². The van der Waals surface area contributed by atoms with Gasteiger partial charge in [0.2, 0.25) is 11.9 Å². The summed E-state index contributed by atoms with van der Waals surface area (Å²) >= 11 is 0. The van der Waals surface area contributed by atoms with Crippen LogP contribution >= 0.6 is 0 Å². The van der Waals surface area contributed by atoms with Gasteiger partial charge in [0.1, 0.15) is 5.82 Å². The van der Waals surface area contributed by atoms with E-state index in [0.29, 0.717) is 12.1 Å². The van der Waals surface area contributed by atoms with Crippen molar-refractivity contribution in [2.45, 2.75) is 20.3 Å². The van der Waals surface area contributed by atoms with Crippen LogP contribution in [0.1, 0.15) is 18.2 Å². The van der Waals surface area contributed by atoms with Gasteiger partial charge in [-0.1, -0.05) is 36.8 Å². The van der Waals surface area contributed by atoms with Crippen LogP contribution in [0.25, 0.3) is 28.3 Å². The number of rotatable bonds is 5. The number of nitrogens with zero attached hydrogens (tertiary/aromatic N) is 7. The first-order valence-corrected chi connectivity index (χ1v) is 10.6. The van der Waals surface area contributed by atoms with E-state index < -0.39 is 0 Å². The molecule has 0 aliphatic carbocycles. The van der Waals surface area contributed by atoms with Crippen molar-refractivity contribution in [3.63, 3.8) is 0 Å². The normalized spacial score (nSPS) is 11.1. The average molecular weight is 456 g/mol. The van der Waals surface area contributed by atoms with Crippen LogP contribution in [0.3, 0.4) is 0 Å². The first-order chi connectivity index (χ1) is 16.4. The molecule has 0 bridgehead atoms. The Morgan fingerprint density at radius 3 is 2.38 bits per heavy atom. The molecule has 0 amide bonds. The topological polar surface area (TPSA) is 146 Å². The monoisotopic (exact) mass is 456 g/mol. The molecular formula is C23H21FN10. The summed E-state index contributed by atoms with van der Waals surface area (Å²) in [5, 5.41) is 16.4. The standard InChI is InChI=1S/C23H21FN10/c1-3-16-17(13-6-8-14(24)9-7-13)21-32-31-18(19(25)34(21)33-16)20-28-22(26)30-23(29-20)27-15-10-4-12(2)5-11-15/h4-11H,3,25H2,1-2H3,(H3,26,27,28,29,30). The third kappa shape index (κ3) is 3.83. The summed E-state index contributed by atoms with van der Waals surface area (Å²) in [7, 11) is 0. The zero-order chi connectivity index (χ0) is 23.8. The molecular weight excluding hydrogens is 435 g/mol. The number of fused-ring (bicyclic) bond motifs is 1. The summed E-state index contributed by atoms with van der Waals surface area (Å²) in [5.74, 6) is 0.274. The Bertz CT molecular complexity index is 1490. The number of nitrogens with one attached hydrogen (secondary N) is 1. The summed E-state index contributed by atoms with van der Waals surface area (Å²) in [6.45, 7) is 3.97. The minimum Gasteiger partial charge on any atom is -0.382 e. The maximum Gasteiger partial charge on any atom is 0.232 e. The number of nitrogen functional groups attached to an aromatic ring is 2. The van der Waals surface area contributed by atoms with E-state index in [0.717, 1.165) is 28.1 Å². The number of hydrogen-bond acceptors (Lipinski definition) is 9. The predicted octanol–water partition coefficient (Wildman–Crippen LogP) is 3.56. The molecule has 3 aromatic heterocycles. The molecule has 0 radical (unpaired) electrons. The van der Waals surface area contributed by atoms with Crippen LogP contribution in [0.2, 0.25) is 0 Å². The maximum absolute atomic E-state index is 13.4. The first kappa shape index (κ1) is 21.2. The van der Waals surface area contributed by atoms with Gasteiger partial charge in [0, 0.05) is 5.69 Å². The van der Waals surface area contributed by atoms with Crippen molar-refractivity contribution in [3.8, 4) is 22.6 Å². The minimum atomic E-state index is -0.325. The zero-order valence-electron chi connectivity index (χ0n) is 18.5. The minimum absolute atomic E-state index is 0.00243. The number of nitrogens with two attached hydrogens (primary N) is 2. The van der Waals surface area contributed by atoms with Crippen LogP contribution in [0.4, 0.5) is 27.8 Å². The molecule has 11 heteroatoms. The second kappa shape index (κ2) is 8.35. The molecule has 0 aliphatic heterocycles. The highest BCUT2D eigenvalue weighted by Crippen LogP contribution is 2.31. The molecule has 5 rings (SSSR count). The number of halogens is 1. The van der Waals surface area contributed by atoms with E-state index in [-0.39, 0.29) is 35.1 Å². The molecule has 0 aliphatic rings. The van der Waals surface area contributed by atoms with Crippen LogP contribution in [0.5, 0.6) is 0 Å². The zero-order valence-corrected chi connectivity index (χ0v) is 18.5. The summed E-state index contributed by atoms with van der Waals surface area (Å²) in [5.41, 5.74) is 17.2. The summed E-state index contributed by atoms with van der Waals surface area (Å²) in [4.78, 5) is 12.8. The average Bonchev–Trinajstić information content (AvgIpc) is 3.21. The van der Waals surface area contributed by atoms with Crippen LogP contribution in [0.15, 0.2) is 48.5 Å². The lowest BCUT2D eigenvalue weighted by atomic mass is 10.0. The van der Waals surface area contributed by atoms with Crippen molar-refractivity contribution in [3.05, 3.63) is 65.6 Å². The van der Waals surface area contributed by atoms with E-state index in [1.165, 1.54) is 16.6 Å². The van der Waals surface area contributed by atoms with Crippen LogP contribution in [0, 0.1) is 12.7 Å². The predicted molar refractivity (Wildman–Crippen MR) is 128 cm³/mol. The number of benzene rings is 2. The van der Waals surface area contributed by atoms with E-state index in [9.17, 15) is 4.39 Å². The second-order valence-corrected chi connectivity index (χ2v) is 7.68. The van der Waals surface area contributed by atoms with E-state index >= 15 is 0 Å². The van der Waals surface area contributed by atoms with Gasteiger partial charge in [-0.25, -0.2) is 4.39 Å². The highest BCUT2D eigenvalue weighted by Gasteiger charge is 2.21. The Kier molecular flexibility index (Phi) is 5.21. The Balaban J connectivity index is 1.59. The molecule has 3 heterocycles. The molecule has 0 fully saturated rings. The third-order valence-corrected chi connectivity index (χ3v) is 5.29. The van der Waals surface area contributed by atoms with Crippen molar-refractivity contribution in [2.75, 3.05) is 16.8 Å². The van der Waals surface area contributed by atoms with Crippen molar-refractivity contribution in [1.29, 1.82) is 0 Å². The molecule has 0 saturated carbocycles. The van der Waals surface area contributed by atoms with Gasteiger partial charge < -0.3 is 16.8 Å². The van der Waals surface area contributed by atoms with E-state index in [2.05, 4.69) is 35.6 Å². The van der Waals surface area contributed by atoms with Gasteiger partial charge in [-0.3, -0.25) is 0 Å². The van der Waals surface area contributed by atoms with Gasteiger partial charge in [0.05, 0.1) is 11.3 Å². The number of anilines is 4. The number of aromatic nitrogens is 7. The van der Waals surface area contributed by atoms with Gasteiger partial charge >= 0.3 is 0 Å². The molecule has 0 saturated heterocycles. The van der Waals surface area contributed by atoms with Gasteiger partial charge in [-0.2, -0.15) is 24.6 Å². The van der Waals surface area contributed by atoms with Gasteiger partial charge in [0.25, 0.3) is 0 Å². The molecule has 170 valence electrons. The first-order valence-electron chi connectivity index (χ1n) is 10.6. The van der Waals surface area contributed by atoms with Crippen molar-refractivity contribution >= 4 is 29.0 Å². The van der Waals surface area contributed by atoms with Gasteiger partial charge in [-0.05, 0) is 43.2 Å². The molecule has 5 aromatic rings. The lowest BCUT2D eigenvalue weighted by Crippen LogP contribution is -2.10. The van der Waals surface area contributed by atoms with Crippen molar-refractivity contribution in [1.82, 2.24) is 34.8 Å². The summed E-state index contributed by atoms with van der Waals surface area (Å²) in [6.07, 6.45) is 0.619. The fraction of sp³-hybridized carbons (Fsp3) is 0.130. The summed E-state index contributed by atoms with van der Waals surface area (Å²) < 4.78 is 14.9. The SMILES string of the molecule is CCc1nn2c(N)c(-c3nc(N)nc(Nc4ccc(C)cc4)n3)nnc2c1-c1ccc(F)cc1. The van der Waals surface area contributed by atoms with Gasteiger partial charge in [-0.15, -0.1) is 10.2 Å². The largest absolute Gasteiger partial charge is 0.382 e. The number of aryl methyl sites for hydroxylation is 2. The highest BCUT2D eigenvalue weighted by atomic mass is 19.1. The molecule has 5 N–H and O–H groups in total. The Morgan fingerprint density at radius 2 is 1.68 bits per heavy atom. The summed E-state index contributed by atoms with van der Waals surface area (Å²) in [6, 6.07) is 13.9. The van der Waals surface area contributed by atoms with E-state index in [4.69, 9.17) is 11.5 Å². The van der Waals surface area contributed by atoms with Crippen LogP contribution in [-0.4, -0.2) is 34.8 Å². The molecule has 0 unspecified atom stereocenters.